The van der Waals surface area contributed by atoms with E-state index in [-0.39, 0.29) is 17.9 Å². The van der Waals surface area contributed by atoms with Crippen LogP contribution in [0.4, 0.5) is 0 Å². The van der Waals surface area contributed by atoms with Gasteiger partial charge in [-0.2, -0.15) is 5.10 Å². The van der Waals surface area contributed by atoms with Gasteiger partial charge in [-0.25, -0.2) is 0 Å². The first kappa shape index (κ1) is 16.0. The van der Waals surface area contributed by atoms with Crippen molar-refractivity contribution in [2.75, 3.05) is 6.54 Å². The molecule has 0 aromatic carbocycles. The zero-order valence-electron chi connectivity index (χ0n) is 11.9. The Morgan fingerprint density at radius 1 is 1.53 bits per heavy atom. The minimum atomic E-state index is -0.380. The van der Waals surface area contributed by atoms with Gasteiger partial charge in [0.15, 0.2) is 0 Å². The minimum absolute atomic E-state index is 0.126. The maximum Gasteiger partial charge on any atom is 0.256 e. The molecule has 0 aliphatic heterocycles. The number of carbonyl (C=O) groups is 1. The normalized spacial score (nSPS) is 12.8. The summed E-state index contributed by atoms with van der Waals surface area (Å²) >= 11 is 6.11. The predicted octanol–water partition coefficient (Wildman–Crippen LogP) is 2.09. The van der Waals surface area contributed by atoms with Gasteiger partial charge in [0.25, 0.3) is 5.91 Å². The van der Waals surface area contributed by atoms with Gasteiger partial charge >= 0.3 is 0 Å². The third kappa shape index (κ3) is 3.94. The molecule has 1 atom stereocenters. The van der Waals surface area contributed by atoms with Crippen molar-refractivity contribution in [1.82, 2.24) is 15.1 Å². The SMILES string of the molecule is CCC(O)CCNC(=O)c1c(C(C)C)nn(C)c1Cl. The monoisotopic (exact) mass is 287 g/mol. The summed E-state index contributed by atoms with van der Waals surface area (Å²) in [6, 6.07) is 0. The molecule has 1 rings (SSSR count). The van der Waals surface area contributed by atoms with Crippen molar-refractivity contribution in [3.63, 3.8) is 0 Å². The number of aliphatic hydroxyl groups excluding tert-OH is 1. The maximum absolute atomic E-state index is 12.1. The van der Waals surface area contributed by atoms with E-state index in [4.69, 9.17) is 11.6 Å². The van der Waals surface area contributed by atoms with Crippen molar-refractivity contribution >= 4 is 17.5 Å². The Balaban J connectivity index is 2.76. The molecule has 1 aromatic heterocycles. The van der Waals surface area contributed by atoms with E-state index in [1.165, 1.54) is 4.68 Å². The van der Waals surface area contributed by atoms with Crippen LogP contribution < -0.4 is 5.32 Å². The molecule has 1 unspecified atom stereocenters. The van der Waals surface area contributed by atoms with Gasteiger partial charge in [0.05, 0.1) is 17.4 Å². The second kappa shape index (κ2) is 6.91. The van der Waals surface area contributed by atoms with Crippen LogP contribution in [0.2, 0.25) is 5.15 Å². The fourth-order valence-corrected chi connectivity index (χ4v) is 2.00. The Kier molecular flexibility index (Phi) is 5.82. The lowest BCUT2D eigenvalue weighted by Gasteiger charge is -2.10. The second-order valence-corrected chi connectivity index (χ2v) is 5.29. The lowest BCUT2D eigenvalue weighted by atomic mass is 10.1. The molecule has 2 N–H and O–H groups in total. The Morgan fingerprint density at radius 3 is 2.68 bits per heavy atom. The number of aryl methyl sites for hydroxylation is 1. The highest BCUT2D eigenvalue weighted by Crippen LogP contribution is 2.25. The third-order valence-electron chi connectivity index (χ3n) is 3.01. The number of hydrogen-bond acceptors (Lipinski definition) is 3. The van der Waals surface area contributed by atoms with Gasteiger partial charge < -0.3 is 10.4 Å². The Hall–Kier alpha value is -1.07. The quantitative estimate of drug-likeness (QED) is 0.842. The predicted molar refractivity (Wildman–Crippen MR) is 75.6 cm³/mol. The number of aliphatic hydroxyl groups is 1. The molecule has 1 amide bonds. The fourth-order valence-electron chi connectivity index (χ4n) is 1.78. The molecule has 0 saturated carbocycles. The summed E-state index contributed by atoms with van der Waals surface area (Å²) in [5, 5.41) is 16.8. The number of carbonyl (C=O) groups excluding carboxylic acids is 1. The molecule has 5 nitrogen and oxygen atoms in total. The molecule has 0 bridgehead atoms. The van der Waals surface area contributed by atoms with Crippen molar-refractivity contribution < 1.29 is 9.90 Å². The molecule has 0 spiro atoms. The summed E-state index contributed by atoms with van der Waals surface area (Å²) in [7, 11) is 1.71. The van der Waals surface area contributed by atoms with E-state index < -0.39 is 0 Å². The van der Waals surface area contributed by atoms with Gasteiger partial charge in [0.1, 0.15) is 5.15 Å². The average Bonchev–Trinajstić information content (AvgIpc) is 2.65. The van der Waals surface area contributed by atoms with E-state index in [1.54, 1.807) is 7.05 Å². The highest BCUT2D eigenvalue weighted by Gasteiger charge is 2.23. The first-order valence-electron chi connectivity index (χ1n) is 6.57. The van der Waals surface area contributed by atoms with Gasteiger partial charge in [0, 0.05) is 13.6 Å². The van der Waals surface area contributed by atoms with Crippen LogP contribution >= 0.6 is 11.6 Å². The van der Waals surface area contributed by atoms with Crippen LogP contribution in [0.1, 0.15) is 55.6 Å². The highest BCUT2D eigenvalue weighted by molar-refractivity contribution is 6.33. The maximum atomic E-state index is 12.1. The van der Waals surface area contributed by atoms with Gasteiger partial charge in [0.2, 0.25) is 0 Å². The average molecular weight is 288 g/mol. The molecule has 1 aromatic rings. The summed E-state index contributed by atoms with van der Waals surface area (Å²) < 4.78 is 1.51. The van der Waals surface area contributed by atoms with Gasteiger partial charge in [-0.1, -0.05) is 32.4 Å². The van der Waals surface area contributed by atoms with E-state index in [0.717, 1.165) is 0 Å². The van der Waals surface area contributed by atoms with Gasteiger partial charge in [-0.15, -0.1) is 0 Å². The number of nitrogens with one attached hydrogen (secondary N) is 1. The lowest BCUT2D eigenvalue weighted by Crippen LogP contribution is -2.28. The molecule has 0 aliphatic rings. The van der Waals surface area contributed by atoms with Crippen LogP contribution in [0.3, 0.4) is 0 Å². The molecule has 6 heteroatoms. The molecule has 0 aliphatic carbocycles. The first-order valence-corrected chi connectivity index (χ1v) is 6.94. The number of aromatic nitrogens is 2. The Morgan fingerprint density at radius 2 is 2.16 bits per heavy atom. The summed E-state index contributed by atoms with van der Waals surface area (Å²) in [5.74, 6) is -0.106. The third-order valence-corrected chi connectivity index (χ3v) is 3.45. The van der Waals surface area contributed by atoms with E-state index in [2.05, 4.69) is 10.4 Å². The van der Waals surface area contributed by atoms with Gasteiger partial charge in [-0.3, -0.25) is 9.48 Å². The number of amides is 1. The smallest absolute Gasteiger partial charge is 0.256 e. The molecule has 0 radical (unpaired) electrons. The molecule has 108 valence electrons. The molecule has 19 heavy (non-hydrogen) atoms. The van der Waals surface area contributed by atoms with Crippen molar-refractivity contribution in [3.8, 4) is 0 Å². The van der Waals surface area contributed by atoms with Crippen molar-refractivity contribution in [1.29, 1.82) is 0 Å². The molecular weight excluding hydrogens is 266 g/mol. The van der Waals surface area contributed by atoms with Crippen molar-refractivity contribution in [2.24, 2.45) is 7.05 Å². The zero-order chi connectivity index (χ0) is 14.6. The van der Waals surface area contributed by atoms with Gasteiger partial charge in [-0.05, 0) is 18.8 Å². The number of nitrogens with zero attached hydrogens (tertiary/aromatic N) is 2. The number of halogens is 1. The summed E-state index contributed by atoms with van der Waals surface area (Å²) in [6.45, 7) is 6.27. The largest absolute Gasteiger partial charge is 0.393 e. The summed E-state index contributed by atoms with van der Waals surface area (Å²) in [5.41, 5.74) is 1.13. The molecule has 1 heterocycles. The zero-order valence-corrected chi connectivity index (χ0v) is 12.7. The molecule has 0 fully saturated rings. The fraction of sp³-hybridized carbons (Fsp3) is 0.692. The highest BCUT2D eigenvalue weighted by atomic mass is 35.5. The number of hydrogen-bond donors (Lipinski definition) is 2. The number of rotatable bonds is 6. The van der Waals surface area contributed by atoms with Crippen molar-refractivity contribution in [3.05, 3.63) is 16.4 Å². The van der Waals surface area contributed by atoms with Crippen LogP contribution in [0.25, 0.3) is 0 Å². The standard InChI is InChI=1S/C13H22ClN3O2/c1-5-9(18)6-7-15-13(19)10-11(8(2)3)16-17(4)12(10)14/h8-9,18H,5-7H2,1-4H3,(H,15,19). The van der Waals surface area contributed by atoms with E-state index in [0.29, 0.717) is 35.8 Å². The van der Waals surface area contributed by atoms with E-state index in [9.17, 15) is 9.90 Å². The topological polar surface area (TPSA) is 67.2 Å². The first-order chi connectivity index (χ1) is 8.88. The minimum Gasteiger partial charge on any atom is -0.393 e. The molecule has 0 saturated heterocycles. The summed E-state index contributed by atoms with van der Waals surface area (Å²) in [4.78, 5) is 12.1. The lowest BCUT2D eigenvalue weighted by molar-refractivity contribution is 0.0941. The molecular formula is C13H22ClN3O2. The van der Waals surface area contributed by atoms with E-state index >= 15 is 0 Å². The van der Waals surface area contributed by atoms with Crippen LogP contribution in [0.15, 0.2) is 0 Å². The van der Waals surface area contributed by atoms with E-state index in [1.807, 2.05) is 20.8 Å². The van der Waals surface area contributed by atoms with Crippen LogP contribution in [0, 0.1) is 0 Å². The second-order valence-electron chi connectivity index (χ2n) is 4.94. The Labute approximate surface area is 118 Å². The van der Waals surface area contributed by atoms with Crippen molar-refractivity contribution in [2.45, 2.75) is 45.6 Å². The van der Waals surface area contributed by atoms with Crippen LogP contribution in [-0.2, 0) is 7.05 Å². The van der Waals surface area contributed by atoms with Crippen LogP contribution in [0.5, 0.6) is 0 Å². The summed E-state index contributed by atoms with van der Waals surface area (Å²) in [6.07, 6.45) is 0.840. The van der Waals surface area contributed by atoms with Crippen LogP contribution in [-0.4, -0.2) is 33.4 Å². The Bertz CT molecular complexity index is 443.